The Hall–Kier alpha value is -0.0400. The first-order valence-corrected chi connectivity index (χ1v) is 9.56. The summed E-state index contributed by atoms with van der Waals surface area (Å²) in [7, 11) is 0. The molecule has 0 amide bonds. The van der Waals surface area contributed by atoms with Gasteiger partial charge in [0.15, 0.2) is 0 Å². The first-order chi connectivity index (χ1) is 9.77. The van der Waals surface area contributed by atoms with E-state index in [-0.39, 0.29) is 5.54 Å². The van der Waals surface area contributed by atoms with Crippen LogP contribution in [-0.2, 0) is 0 Å². The van der Waals surface area contributed by atoms with E-state index in [2.05, 4.69) is 6.92 Å². The quantitative estimate of drug-likeness (QED) is 0.348. The van der Waals surface area contributed by atoms with Crippen LogP contribution < -0.4 is 5.73 Å². The molecule has 1 saturated carbocycles. The summed E-state index contributed by atoms with van der Waals surface area (Å²) in [5.74, 6) is 0. The molecule has 1 rings (SSSR count). The van der Waals surface area contributed by atoms with Crippen LogP contribution in [0.5, 0.6) is 0 Å². The van der Waals surface area contributed by atoms with E-state index in [0.29, 0.717) is 0 Å². The van der Waals surface area contributed by atoms with Crippen molar-refractivity contribution in [2.24, 2.45) is 5.73 Å². The van der Waals surface area contributed by atoms with Crippen molar-refractivity contribution in [1.82, 2.24) is 0 Å². The lowest BCUT2D eigenvalue weighted by Gasteiger charge is -2.07. The summed E-state index contributed by atoms with van der Waals surface area (Å²) in [6, 6.07) is 0. The van der Waals surface area contributed by atoms with Crippen LogP contribution in [0.2, 0.25) is 0 Å². The van der Waals surface area contributed by atoms with Gasteiger partial charge in [0.05, 0.1) is 0 Å². The number of rotatable bonds is 15. The van der Waals surface area contributed by atoms with Crippen molar-refractivity contribution < 1.29 is 0 Å². The molecule has 0 spiro atoms. The third kappa shape index (κ3) is 10.7. The van der Waals surface area contributed by atoms with Gasteiger partial charge >= 0.3 is 0 Å². The standard InChI is InChI=1S/C19H39N/c1-2-3-4-5-6-7-8-9-10-11-12-13-14-15-16-19(20)17-18-19/h2-18,20H2,1H3. The fourth-order valence-corrected chi connectivity index (χ4v) is 3.08. The van der Waals surface area contributed by atoms with Crippen LogP contribution in [0.1, 0.15) is 116 Å². The number of nitrogens with two attached hydrogens (primary N) is 1. The SMILES string of the molecule is CCCCCCCCCCCCCCCCC1(N)CC1. The normalized spacial score (nSPS) is 16.5. The van der Waals surface area contributed by atoms with Gasteiger partial charge in [-0.1, -0.05) is 96.8 Å². The van der Waals surface area contributed by atoms with Crippen LogP contribution in [0.25, 0.3) is 0 Å². The van der Waals surface area contributed by atoms with Crippen molar-refractivity contribution in [2.45, 2.75) is 122 Å². The highest BCUT2D eigenvalue weighted by Gasteiger charge is 2.36. The molecule has 20 heavy (non-hydrogen) atoms. The van der Waals surface area contributed by atoms with Crippen molar-refractivity contribution in [1.29, 1.82) is 0 Å². The molecule has 0 aromatic carbocycles. The van der Waals surface area contributed by atoms with Crippen molar-refractivity contribution >= 4 is 0 Å². The van der Waals surface area contributed by atoms with E-state index < -0.39 is 0 Å². The molecule has 1 heteroatoms. The third-order valence-corrected chi connectivity index (χ3v) is 4.92. The van der Waals surface area contributed by atoms with Gasteiger partial charge < -0.3 is 5.73 Å². The molecule has 1 aliphatic carbocycles. The Morgan fingerprint density at radius 2 is 0.950 bits per heavy atom. The van der Waals surface area contributed by atoms with Gasteiger partial charge in [-0.3, -0.25) is 0 Å². The Labute approximate surface area is 128 Å². The zero-order valence-electron chi connectivity index (χ0n) is 14.1. The van der Waals surface area contributed by atoms with Crippen molar-refractivity contribution in [3.05, 3.63) is 0 Å². The Morgan fingerprint density at radius 1 is 0.600 bits per heavy atom. The molecule has 1 nitrogen and oxygen atoms in total. The predicted octanol–water partition coefficient (Wildman–Crippen LogP) is 6.35. The minimum Gasteiger partial charge on any atom is -0.325 e. The summed E-state index contributed by atoms with van der Waals surface area (Å²) in [6.07, 6.45) is 24.1. The molecule has 120 valence electrons. The summed E-state index contributed by atoms with van der Waals surface area (Å²) < 4.78 is 0. The van der Waals surface area contributed by atoms with Crippen LogP contribution in [0, 0.1) is 0 Å². The maximum absolute atomic E-state index is 6.09. The minimum absolute atomic E-state index is 0.289. The third-order valence-electron chi connectivity index (χ3n) is 4.92. The second-order valence-corrected chi connectivity index (χ2v) is 7.21. The summed E-state index contributed by atoms with van der Waals surface area (Å²) in [6.45, 7) is 2.29. The number of hydrogen-bond donors (Lipinski definition) is 1. The second-order valence-electron chi connectivity index (χ2n) is 7.21. The topological polar surface area (TPSA) is 26.0 Å². The van der Waals surface area contributed by atoms with Gasteiger partial charge in [0.1, 0.15) is 0 Å². The van der Waals surface area contributed by atoms with Crippen LogP contribution in [-0.4, -0.2) is 5.54 Å². The lowest BCUT2D eigenvalue weighted by molar-refractivity contribution is 0.511. The van der Waals surface area contributed by atoms with Gasteiger partial charge in [-0.2, -0.15) is 0 Å². The molecule has 0 radical (unpaired) electrons. The molecule has 0 aromatic heterocycles. The van der Waals surface area contributed by atoms with Crippen molar-refractivity contribution in [2.75, 3.05) is 0 Å². The van der Waals surface area contributed by atoms with E-state index in [1.54, 1.807) is 0 Å². The van der Waals surface area contributed by atoms with Crippen LogP contribution in [0.4, 0.5) is 0 Å². The van der Waals surface area contributed by atoms with E-state index in [0.717, 1.165) is 0 Å². The monoisotopic (exact) mass is 281 g/mol. The Morgan fingerprint density at radius 3 is 1.30 bits per heavy atom. The first-order valence-electron chi connectivity index (χ1n) is 9.56. The lowest BCUT2D eigenvalue weighted by Crippen LogP contribution is -2.20. The molecule has 0 bridgehead atoms. The lowest BCUT2D eigenvalue weighted by atomic mass is 10.0. The molecule has 0 atom stereocenters. The Bertz CT molecular complexity index is 208. The number of unbranched alkanes of at least 4 members (excludes halogenated alkanes) is 13. The average molecular weight is 282 g/mol. The van der Waals surface area contributed by atoms with Crippen molar-refractivity contribution in [3.63, 3.8) is 0 Å². The number of hydrogen-bond acceptors (Lipinski definition) is 1. The second kappa shape index (κ2) is 11.6. The van der Waals surface area contributed by atoms with E-state index in [1.165, 1.54) is 109 Å². The maximum Gasteiger partial charge on any atom is 0.0155 e. The van der Waals surface area contributed by atoms with Gasteiger partial charge in [0.25, 0.3) is 0 Å². The van der Waals surface area contributed by atoms with E-state index >= 15 is 0 Å². The van der Waals surface area contributed by atoms with Gasteiger partial charge in [-0.15, -0.1) is 0 Å². The maximum atomic E-state index is 6.09. The van der Waals surface area contributed by atoms with Gasteiger partial charge in [-0.25, -0.2) is 0 Å². The molecule has 1 aliphatic rings. The molecule has 0 aliphatic heterocycles. The van der Waals surface area contributed by atoms with Crippen molar-refractivity contribution in [3.8, 4) is 0 Å². The van der Waals surface area contributed by atoms with E-state index in [1.807, 2.05) is 0 Å². The molecule has 0 aromatic rings. The average Bonchev–Trinajstić information content (AvgIpc) is 3.17. The molecular formula is C19H39N. The van der Waals surface area contributed by atoms with Crippen LogP contribution >= 0.6 is 0 Å². The highest BCUT2D eigenvalue weighted by molar-refractivity contribution is 4.97. The molecule has 1 fully saturated rings. The molecular weight excluding hydrogens is 242 g/mol. The Kier molecular flexibility index (Phi) is 10.4. The summed E-state index contributed by atoms with van der Waals surface area (Å²) in [4.78, 5) is 0. The zero-order valence-corrected chi connectivity index (χ0v) is 14.1. The Balaban J connectivity index is 1.64. The fraction of sp³-hybridized carbons (Fsp3) is 1.00. The highest BCUT2D eigenvalue weighted by atomic mass is 14.8. The smallest absolute Gasteiger partial charge is 0.0155 e. The zero-order chi connectivity index (χ0) is 14.5. The van der Waals surface area contributed by atoms with Gasteiger partial charge in [-0.05, 0) is 19.3 Å². The highest BCUT2D eigenvalue weighted by Crippen LogP contribution is 2.37. The predicted molar refractivity (Wildman–Crippen MR) is 91.1 cm³/mol. The first kappa shape index (κ1) is 18.0. The summed E-state index contributed by atoms with van der Waals surface area (Å²) in [5, 5.41) is 0. The summed E-state index contributed by atoms with van der Waals surface area (Å²) >= 11 is 0. The van der Waals surface area contributed by atoms with Gasteiger partial charge in [0.2, 0.25) is 0 Å². The van der Waals surface area contributed by atoms with E-state index in [4.69, 9.17) is 5.73 Å². The summed E-state index contributed by atoms with van der Waals surface area (Å²) in [5.41, 5.74) is 6.38. The molecule has 0 unspecified atom stereocenters. The van der Waals surface area contributed by atoms with Crippen LogP contribution in [0.15, 0.2) is 0 Å². The van der Waals surface area contributed by atoms with E-state index in [9.17, 15) is 0 Å². The molecule has 0 heterocycles. The molecule has 0 saturated heterocycles. The minimum atomic E-state index is 0.289. The fourth-order valence-electron chi connectivity index (χ4n) is 3.08. The largest absolute Gasteiger partial charge is 0.325 e. The van der Waals surface area contributed by atoms with Crippen LogP contribution in [0.3, 0.4) is 0 Å². The van der Waals surface area contributed by atoms with Gasteiger partial charge in [0, 0.05) is 5.54 Å². The molecule has 2 N–H and O–H groups in total.